The van der Waals surface area contributed by atoms with Crippen molar-refractivity contribution in [3.8, 4) is 11.8 Å². The Bertz CT molecular complexity index is 986. The third kappa shape index (κ3) is 6.37. The monoisotopic (exact) mass is 412 g/mol. The van der Waals surface area contributed by atoms with Crippen molar-refractivity contribution < 1.29 is 19.2 Å². The van der Waals surface area contributed by atoms with E-state index in [4.69, 9.17) is 26.0 Å². The van der Waals surface area contributed by atoms with E-state index in [1.165, 1.54) is 14.2 Å². The van der Waals surface area contributed by atoms with Crippen LogP contribution in [-0.4, -0.2) is 31.6 Å². The van der Waals surface area contributed by atoms with E-state index >= 15 is 0 Å². The number of hydrogen-bond donors (Lipinski definition) is 0. The van der Waals surface area contributed by atoms with Crippen molar-refractivity contribution in [3.63, 3.8) is 0 Å². The Morgan fingerprint density at radius 2 is 1.83 bits per heavy atom. The number of aryl methyl sites for hydroxylation is 1. The van der Waals surface area contributed by atoms with E-state index < -0.39 is 5.97 Å². The predicted octanol–water partition coefficient (Wildman–Crippen LogP) is 4.12. The summed E-state index contributed by atoms with van der Waals surface area (Å²) >= 11 is 5.86. The van der Waals surface area contributed by atoms with Crippen LogP contribution in [0.3, 0.4) is 0 Å². The molecule has 0 fully saturated rings. The van der Waals surface area contributed by atoms with Crippen LogP contribution < -0.4 is 0 Å². The second kappa shape index (κ2) is 10.9. The molecule has 0 amide bonds. The molecule has 0 unspecified atom stereocenters. The summed E-state index contributed by atoms with van der Waals surface area (Å²) in [5.41, 5.74) is 3.60. The second-order valence-electron chi connectivity index (χ2n) is 5.92. The molecule has 0 heterocycles. The number of halogens is 1. The lowest BCUT2D eigenvalue weighted by atomic mass is 9.99. The Morgan fingerprint density at radius 1 is 1.10 bits per heavy atom. The van der Waals surface area contributed by atoms with Crippen LogP contribution >= 0.6 is 11.6 Å². The van der Waals surface area contributed by atoms with Gasteiger partial charge in [-0.25, -0.2) is 4.79 Å². The Kier molecular flexibility index (Phi) is 8.26. The lowest BCUT2D eigenvalue weighted by molar-refractivity contribution is -0.132. The van der Waals surface area contributed by atoms with Crippen LogP contribution in [-0.2, 0) is 25.8 Å². The van der Waals surface area contributed by atoms with Crippen LogP contribution in [0.25, 0.3) is 0 Å². The van der Waals surface area contributed by atoms with Gasteiger partial charge in [0.15, 0.2) is 5.71 Å². The van der Waals surface area contributed by atoms with E-state index in [2.05, 4.69) is 22.2 Å². The van der Waals surface area contributed by atoms with Crippen molar-refractivity contribution in [1.29, 1.82) is 0 Å². The molecule has 7 heteroatoms. The SMILES string of the molecule is CO/N=C(/C(=O)OC)c1cccc(C)c1CO/N=C(\C)C#Cc1ccc(Cl)cc1. The minimum atomic E-state index is -0.604. The summed E-state index contributed by atoms with van der Waals surface area (Å²) in [5.74, 6) is 5.30. The van der Waals surface area contributed by atoms with E-state index in [0.29, 0.717) is 16.3 Å². The van der Waals surface area contributed by atoms with Crippen molar-refractivity contribution in [2.24, 2.45) is 10.3 Å². The van der Waals surface area contributed by atoms with Crippen molar-refractivity contribution in [2.45, 2.75) is 20.5 Å². The van der Waals surface area contributed by atoms with Crippen LogP contribution in [0.15, 0.2) is 52.8 Å². The van der Waals surface area contributed by atoms with Crippen molar-refractivity contribution >= 4 is 29.0 Å². The molecule has 2 aromatic carbocycles. The van der Waals surface area contributed by atoms with Gasteiger partial charge < -0.3 is 14.4 Å². The molecule has 0 aromatic heterocycles. The Balaban J connectivity index is 2.18. The average molecular weight is 413 g/mol. The van der Waals surface area contributed by atoms with Gasteiger partial charge in [0.05, 0.1) is 7.11 Å². The highest BCUT2D eigenvalue weighted by Crippen LogP contribution is 2.18. The number of oxime groups is 2. The minimum Gasteiger partial charge on any atom is -0.464 e. The summed E-state index contributed by atoms with van der Waals surface area (Å²) in [4.78, 5) is 22.3. The van der Waals surface area contributed by atoms with Gasteiger partial charge in [0.25, 0.3) is 0 Å². The van der Waals surface area contributed by atoms with Crippen molar-refractivity contribution in [1.82, 2.24) is 0 Å². The molecule has 29 heavy (non-hydrogen) atoms. The molecular weight excluding hydrogens is 392 g/mol. The maximum absolute atomic E-state index is 12.1. The Morgan fingerprint density at radius 3 is 2.48 bits per heavy atom. The maximum atomic E-state index is 12.1. The van der Waals surface area contributed by atoms with Gasteiger partial charge >= 0.3 is 5.97 Å². The normalized spacial score (nSPS) is 11.3. The highest BCUT2D eigenvalue weighted by atomic mass is 35.5. The number of benzene rings is 2. The first-order chi connectivity index (χ1) is 14.0. The maximum Gasteiger partial charge on any atom is 0.360 e. The molecule has 2 rings (SSSR count). The summed E-state index contributed by atoms with van der Waals surface area (Å²) in [6, 6.07) is 12.7. The summed E-state index contributed by atoms with van der Waals surface area (Å²) in [6.07, 6.45) is 0. The molecule has 6 nitrogen and oxygen atoms in total. The van der Waals surface area contributed by atoms with Gasteiger partial charge in [-0.1, -0.05) is 46.0 Å². The van der Waals surface area contributed by atoms with Crippen molar-refractivity contribution in [3.05, 3.63) is 69.7 Å². The molecule has 0 N–H and O–H groups in total. The topological polar surface area (TPSA) is 69.5 Å². The van der Waals surface area contributed by atoms with Gasteiger partial charge in [0.1, 0.15) is 19.4 Å². The van der Waals surface area contributed by atoms with Crippen LogP contribution in [0.5, 0.6) is 0 Å². The third-order valence-corrected chi connectivity index (χ3v) is 4.12. The number of carbonyl (C=O) groups excluding carboxylic acids is 1. The van der Waals surface area contributed by atoms with Gasteiger partial charge in [-0.15, -0.1) is 0 Å². The molecule has 0 saturated carbocycles. The average Bonchev–Trinajstić information content (AvgIpc) is 2.72. The summed E-state index contributed by atoms with van der Waals surface area (Å²) in [7, 11) is 2.65. The van der Waals surface area contributed by atoms with E-state index in [9.17, 15) is 4.79 Å². The number of rotatable bonds is 6. The van der Waals surface area contributed by atoms with E-state index in [-0.39, 0.29) is 12.3 Å². The molecule has 0 spiro atoms. The molecule has 0 aliphatic heterocycles. The van der Waals surface area contributed by atoms with Gasteiger partial charge in [0.2, 0.25) is 0 Å². The van der Waals surface area contributed by atoms with Crippen LogP contribution in [0.1, 0.15) is 29.2 Å². The van der Waals surface area contributed by atoms with Crippen molar-refractivity contribution in [2.75, 3.05) is 14.2 Å². The lowest BCUT2D eigenvalue weighted by Gasteiger charge is -2.12. The van der Waals surface area contributed by atoms with Crippen LogP contribution in [0, 0.1) is 18.8 Å². The first-order valence-electron chi connectivity index (χ1n) is 8.68. The standard InChI is InChI=1S/C22H21ClN2O4/c1-15-6-5-7-19(21(25-28-4)22(26)27-3)20(15)14-29-24-16(2)8-9-17-10-12-18(23)13-11-17/h5-7,10-13H,14H2,1-4H3/b24-16+,25-21+. The number of carbonyl (C=O) groups is 1. The summed E-state index contributed by atoms with van der Waals surface area (Å²) < 4.78 is 4.79. The fourth-order valence-electron chi connectivity index (χ4n) is 2.41. The van der Waals surface area contributed by atoms with Gasteiger partial charge in [-0.2, -0.15) is 0 Å². The molecule has 150 valence electrons. The van der Waals surface area contributed by atoms with Gasteiger partial charge in [0, 0.05) is 21.7 Å². The quantitative estimate of drug-likeness (QED) is 0.310. The molecule has 2 aromatic rings. The number of methoxy groups -OCH3 is 1. The molecule has 0 aliphatic rings. The molecule has 0 saturated heterocycles. The van der Waals surface area contributed by atoms with Crippen LogP contribution in [0.4, 0.5) is 0 Å². The molecule has 0 atom stereocenters. The highest BCUT2D eigenvalue weighted by Gasteiger charge is 2.20. The van der Waals surface area contributed by atoms with Gasteiger partial charge in [-0.3, -0.25) is 0 Å². The van der Waals surface area contributed by atoms with E-state index in [1.54, 1.807) is 25.1 Å². The number of hydrogen-bond acceptors (Lipinski definition) is 6. The summed E-state index contributed by atoms with van der Waals surface area (Å²) in [6.45, 7) is 3.77. The second-order valence-corrected chi connectivity index (χ2v) is 6.36. The summed E-state index contributed by atoms with van der Waals surface area (Å²) in [5, 5.41) is 8.49. The first-order valence-corrected chi connectivity index (χ1v) is 9.06. The smallest absolute Gasteiger partial charge is 0.360 e. The largest absolute Gasteiger partial charge is 0.464 e. The van der Waals surface area contributed by atoms with Crippen LogP contribution in [0.2, 0.25) is 5.02 Å². The third-order valence-electron chi connectivity index (χ3n) is 3.87. The Hall–Kier alpha value is -3.30. The predicted molar refractivity (Wildman–Crippen MR) is 113 cm³/mol. The Labute approximate surface area is 175 Å². The first kappa shape index (κ1) is 22.0. The van der Waals surface area contributed by atoms with E-state index in [0.717, 1.165) is 16.7 Å². The van der Waals surface area contributed by atoms with Gasteiger partial charge in [-0.05, 0) is 49.6 Å². The zero-order valence-electron chi connectivity index (χ0n) is 16.7. The number of nitrogens with zero attached hydrogens (tertiary/aromatic N) is 2. The lowest BCUT2D eigenvalue weighted by Crippen LogP contribution is -2.20. The number of ether oxygens (including phenoxy) is 1. The molecule has 0 radical (unpaired) electrons. The zero-order valence-corrected chi connectivity index (χ0v) is 17.4. The fourth-order valence-corrected chi connectivity index (χ4v) is 2.54. The highest BCUT2D eigenvalue weighted by molar-refractivity contribution is 6.43. The molecule has 0 bridgehead atoms. The number of esters is 1. The van der Waals surface area contributed by atoms with E-state index in [1.807, 2.05) is 31.2 Å². The fraction of sp³-hybridized carbons (Fsp3) is 0.227. The zero-order chi connectivity index (χ0) is 21.2. The molecule has 0 aliphatic carbocycles. The minimum absolute atomic E-state index is 0.0560. The molecular formula is C22H21ClN2O4.